The van der Waals surface area contributed by atoms with Crippen LogP contribution in [0.15, 0.2) is 91.3 Å². The highest BCUT2D eigenvalue weighted by Gasteiger charge is 2.30. The van der Waals surface area contributed by atoms with Crippen molar-refractivity contribution in [2.24, 2.45) is 0 Å². The maximum absolute atomic E-state index is 2.45. The van der Waals surface area contributed by atoms with Gasteiger partial charge in [-0.15, -0.1) is 0 Å². The molecular weight excluding hydrogens is 268 g/mol. The fraction of sp³-hybridized carbons (Fsp3) is 0.100. The molecule has 2 aliphatic rings. The standard InChI is InChI=1S/C20H18N2/c1-3-9-17(10-4-1)15-22-19(18-11-5-2-6-12-18)16-21-14-8-7-13-20(21)22/h1-14,16,20H,15H2/t20-/m0/s1. The maximum atomic E-state index is 2.45. The molecule has 0 bridgehead atoms. The van der Waals surface area contributed by atoms with Gasteiger partial charge in [0, 0.05) is 18.9 Å². The molecule has 108 valence electrons. The number of hydrogen-bond acceptors (Lipinski definition) is 2. The average molecular weight is 286 g/mol. The number of rotatable bonds is 3. The predicted octanol–water partition coefficient (Wildman–Crippen LogP) is 4.21. The molecule has 0 spiro atoms. The van der Waals surface area contributed by atoms with E-state index in [9.17, 15) is 0 Å². The van der Waals surface area contributed by atoms with Gasteiger partial charge in [-0.2, -0.15) is 0 Å². The van der Waals surface area contributed by atoms with E-state index in [2.05, 4.69) is 101 Å². The van der Waals surface area contributed by atoms with E-state index in [-0.39, 0.29) is 6.17 Å². The van der Waals surface area contributed by atoms with Gasteiger partial charge in [-0.25, -0.2) is 0 Å². The third-order valence-corrected chi connectivity index (χ3v) is 4.12. The highest BCUT2D eigenvalue weighted by molar-refractivity contribution is 5.66. The van der Waals surface area contributed by atoms with Crippen LogP contribution in [0.25, 0.3) is 5.70 Å². The lowest BCUT2D eigenvalue weighted by Gasteiger charge is -2.32. The third-order valence-electron chi connectivity index (χ3n) is 4.12. The first-order chi connectivity index (χ1) is 10.9. The van der Waals surface area contributed by atoms with Gasteiger partial charge in [-0.05, 0) is 23.3 Å². The predicted molar refractivity (Wildman–Crippen MR) is 90.3 cm³/mol. The van der Waals surface area contributed by atoms with E-state index in [1.165, 1.54) is 16.8 Å². The minimum atomic E-state index is 0.264. The molecule has 0 radical (unpaired) electrons. The number of nitrogens with zero attached hydrogens (tertiary/aromatic N) is 2. The average Bonchev–Trinajstić information content (AvgIpc) is 2.95. The first-order valence-electron chi connectivity index (χ1n) is 7.62. The molecule has 1 atom stereocenters. The van der Waals surface area contributed by atoms with Crippen LogP contribution in [0, 0.1) is 0 Å². The van der Waals surface area contributed by atoms with Crippen molar-refractivity contribution in [2.45, 2.75) is 12.7 Å². The summed E-state index contributed by atoms with van der Waals surface area (Å²) in [4.78, 5) is 4.72. The molecule has 22 heavy (non-hydrogen) atoms. The summed E-state index contributed by atoms with van der Waals surface area (Å²) in [6, 6.07) is 21.3. The molecule has 0 fully saturated rings. The van der Waals surface area contributed by atoms with E-state index in [1.807, 2.05) is 0 Å². The Bertz CT molecular complexity index is 729. The zero-order chi connectivity index (χ0) is 14.8. The van der Waals surface area contributed by atoms with Crippen LogP contribution in [0.2, 0.25) is 0 Å². The van der Waals surface area contributed by atoms with Gasteiger partial charge in [0.15, 0.2) is 0 Å². The largest absolute Gasteiger partial charge is 0.341 e. The lowest BCUT2D eigenvalue weighted by Crippen LogP contribution is -2.36. The summed E-state index contributed by atoms with van der Waals surface area (Å²) < 4.78 is 0. The van der Waals surface area contributed by atoms with Gasteiger partial charge in [-0.1, -0.05) is 66.7 Å². The molecule has 4 rings (SSSR count). The molecule has 0 amide bonds. The first kappa shape index (κ1) is 13.0. The minimum absolute atomic E-state index is 0.264. The van der Waals surface area contributed by atoms with Crippen molar-refractivity contribution in [3.8, 4) is 0 Å². The number of hydrogen-bond donors (Lipinski definition) is 0. The van der Waals surface area contributed by atoms with Gasteiger partial charge in [0.05, 0.1) is 5.70 Å². The second-order valence-corrected chi connectivity index (χ2v) is 5.58. The van der Waals surface area contributed by atoms with Crippen LogP contribution in [0.5, 0.6) is 0 Å². The molecule has 2 heterocycles. The van der Waals surface area contributed by atoms with Crippen molar-refractivity contribution in [2.75, 3.05) is 0 Å². The molecule has 0 unspecified atom stereocenters. The van der Waals surface area contributed by atoms with Gasteiger partial charge in [0.25, 0.3) is 0 Å². The van der Waals surface area contributed by atoms with Crippen LogP contribution < -0.4 is 0 Å². The maximum Gasteiger partial charge on any atom is 0.125 e. The molecule has 2 aromatic rings. The molecule has 0 N–H and O–H groups in total. The zero-order valence-electron chi connectivity index (χ0n) is 12.3. The molecule has 0 aliphatic carbocycles. The Labute approximate surface area is 131 Å². The van der Waals surface area contributed by atoms with Gasteiger partial charge in [0.1, 0.15) is 6.17 Å². The Kier molecular flexibility index (Phi) is 3.28. The van der Waals surface area contributed by atoms with E-state index in [4.69, 9.17) is 0 Å². The summed E-state index contributed by atoms with van der Waals surface area (Å²) in [6.07, 6.45) is 11.1. The Hall–Kier alpha value is -2.74. The van der Waals surface area contributed by atoms with Crippen molar-refractivity contribution in [1.82, 2.24) is 9.80 Å². The summed E-state index contributed by atoms with van der Waals surface area (Å²) >= 11 is 0. The lowest BCUT2D eigenvalue weighted by molar-refractivity contribution is 0.240. The van der Waals surface area contributed by atoms with Gasteiger partial charge in [-0.3, -0.25) is 0 Å². The molecule has 2 heteroatoms. The fourth-order valence-corrected chi connectivity index (χ4v) is 3.05. The Morgan fingerprint density at radius 2 is 1.55 bits per heavy atom. The number of benzene rings is 2. The Balaban J connectivity index is 1.71. The molecule has 0 saturated carbocycles. The fourth-order valence-electron chi connectivity index (χ4n) is 3.05. The number of fused-ring (bicyclic) bond motifs is 1. The van der Waals surface area contributed by atoms with Gasteiger partial charge in [0.2, 0.25) is 0 Å². The molecule has 2 aromatic carbocycles. The quantitative estimate of drug-likeness (QED) is 0.834. The van der Waals surface area contributed by atoms with Crippen molar-refractivity contribution >= 4 is 5.70 Å². The van der Waals surface area contributed by atoms with E-state index in [0.717, 1.165) is 6.54 Å². The normalized spacial score (nSPS) is 19.3. The summed E-state index contributed by atoms with van der Waals surface area (Å²) in [5, 5.41) is 0. The minimum Gasteiger partial charge on any atom is -0.341 e. The van der Waals surface area contributed by atoms with E-state index < -0.39 is 0 Å². The van der Waals surface area contributed by atoms with Crippen molar-refractivity contribution in [3.05, 3.63) is 102 Å². The lowest BCUT2D eigenvalue weighted by atomic mass is 10.1. The summed E-state index contributed by atoms with van der Waals surface area (Å²) in [7, 11) is 0. The smallest absolute Gasteiger partial charge is 0.125 e. The molecule has 2 aliphatic heterocycles. The first-order valence-corrected chi connectivity index (χ1v) is 7.62. The summed E-state index contributed by atoms with van der Waals surface area (Å²) in [5.74, 6) is 0. The third kappa shape index (κ3) is 2.33. The number of allylic oxidation sites excluding steroid dienone is 2. The van der Waals surface area contributed by atoms with E-state index in [1.54, 1.807) is 0 Å². The van der Waals surface area contributed by atoms with Crippen LogP contribution in [-0.4, -0.2) is 16.0 Å². The molecular formula is C20H18N2. The summed E-state index contributed by atoms with van der Waals surface area (Å²) in [6.45, 7) is 0.904. The van der Waals surface area contributed by atoms with Crippen LogP contribution >= 0.6 is 0 Å². The monoisotopic (exact) mass is 286 g/mol. The zero-order valence-corrected chi connectivity index (χ0v) is 12.3. The van der Waals surface area contributed by atoms with Gasteiger partial charge >= 0.3 is 0 Å². The van der Waals surface area contributed by atoms with Crippen LogP contribution in [0.1, 0.15) is 11.1 Å². The second-order valence-electron chi connectivity index (χ2n) is 5.58. The van der Waals surface area contributed by atoms with Crippen LogP contribution in [0.3, 0.4) is 0 Å². The topological polar surface area (TPSA) is 6.48 Å². The van der Waals surface area contributed by atoms with E-state index in [0.29, 0.717) is 0 Å². The van der Waals surface area contributed by atoms with Crippen LogP contribution in [-0.2, 0) is 6.54 Å². The highest BCUT2D eigenvalue weighted by atomic mass is 15.4. The second kappa shape index (κ2) is 5.57. The van der Waals surface area contributed by atoms with Crippen molar-refractivity contribution < 1.29 is 0 Å². The SMILES string of the molecule is C1=C[C@H]2N(C=C1)C=C(c1ccccc1)N2Cc1ccccc1. The van der Waals surface area contributed by atoms with Crippen LogP contribution in [0.4, 0.5) is 0 Å². The molecule has 2 nitrogen and oxygen atoms in total. The summed E-state index contributed by atoms with van der Waals surface area (Å²) in [5.41, 5.74) is 3.86. The van der Waals surface area contributed by atoms with E-state index >= 15 is 0 Å². The molecule has 0 saturated heterocycles. The highest BCUT2D eigenvalue weighted by Crippen LogP contribution is 2.34. The van der Waals surface area contributed by atoms with Crippen molar-refractivity contribution in [3.63, 3.8) is 0 Å². The van der Waals surface area contributed by atoms with Crippen molar-refractivity contribution in [1.29, 1.82) is 0 Å². The Morgan fingerprint density at radius 1 is 0.818 bits per heavy atom. The molecule has 0 aromatic heterocycles. The van der Waals surface area contributed by atoms with Gasteiger partial charge < -0.3 is 9.80 Å². The Morgan fingerprint density at radius 3 is 2.32 bits per heavy atom.